The van der Waals surface area contributed by atoms with Crippen molar-refractivity contribution in [2.75, 3.05) is 29.5 Å². The summed E-state index contributed by atoms with van der Waals surface area (Å²) in [4.78, 5) is 16.1. The summed E-state index contributed by atoms with van der Waals surface area (Å²) in [5, 5.41) is 0.990. The topological polar surface area (TPSA) is 125 Å². The number of piperidine rings is 1. The molecule has 0 amide bonds. The Kier molecular flexibility index (Phi) is 4.76. The number of rotatable bonds is 3. The molecule has 0 aromatic carbocycles. The van der Waals surface area contributed by atoms with Gasteiger partial charge in [-0.1, -0.05) is 23.4 Å². The van der Waals surface area contributed by atoms with Crippen LogP contribution in [0.2, 0.25) is 5.02 Å². The smallest absolute Gasteiger partial charge is 0.158 e. The maximum absolute atomic E-state index is 6.61. The standard InChI is InChI=1S/C20H23ClN8S/c21-15-13(3-6-25-17(15)23)30-19-18(24)27-14(10-26-19)28-8-4-20(5-9-28)11-29-7-1-2-12(29)16(20)22/h1-3,6-7,10,16H,4-5,8-9,11,22H2,(H2,23,25)(H2,24,27)/t16-/m1/s1. The molecule has 1 saturated heterocycles. The summed E-state index contributed by atoms with van der Waals surface area (Å²) in [6, 6.07) is 6.07. The van der Waals surface area contributed by atoms with Crippen LogP contribution in [0.4, 0.5) is 17.5 Å². The summed E-state index contributed by atoms with van der Waals surface area (Å²) in [5.74, 6) is 1.44. The quantitative estimate of drug-likeness (QED) is 0.565. The summed E-state index contributed by atoms with van der Waals surface area (Å²) in [6.45, 7) is 2.75. The molecule has 30 heavy (non-hydrogen) atoms. The van der Waals surface area contributed by atoms with Crippen molar-refractivity contribution in [2.45, 2.75) is 35.3 Å². The number of hydrogen-bond acceptors (Lipinski definition) is 8. The van der Waals surface area contributed by atoms with Gasteiger partial charge in [0.05, 0.1) is 17.3 Å². The lowest BCUT2D eigenvalue weighted by Crippen LogP contribution is -2.45. The fraction of sp³-hybridized carbons (Fsp3) is 0.350. The van der Waals surface area contributed by atoms with E-state index in [4.69, 9.17) is 28.8 Å². The Morgan fingerprint density at radius 3 is 2.67 bits per heavy atom. The van der Waals surface area contributed by atoms with Crippen molar-refractivity contribution >= 4 is 40.8 Å². The van der Waals surface area contributed by atoms with Crippen LogP contribution in [-0.2, 0) is 6.54 Å². The lowest BCUT2D eigenvalue weighted by atomic mass is 9.73. The van der Waals surface area contributed by atoms with Crippen molar-refractivity contribution < 1.29 is 0 Å². The molecule has 10 heteroatoms. The highest BCUT2D eigenvalue weighted by atomic mass is 35.5. The zero-order valence-electron chi connectivity index (χ0n) is 16.3. The second kappa shape index (κ2) is 7.33. The number of hydrogen-bond donors (Lipinski definition) is 3. The van der Waals surface area contributed by atoms with E-state index >= 15 is 0 Å². The summed E-state index contributed by atoms with van der Waals surface area (Å²) in [7, 11) is 0. The van der Waals surface area contributed by atoms with Gasteiger partial charge in [0.25, 0.3) is 0 Å². The second-order valence-electron chi connectivity index (χ2n) is 7.92. The summed E-state index contributed by atoms with van der Waals surface area (Å²) in [5.41, 5.74) is 20.0. The van der Waals surface area contributed by atoms with Crippen LogP contribution < -0.4 is 22.1 Å². The molecule has 2 aliphatic heterocycles. The number of aromatic nitrogens is 4. The number of pyridine rings is 1. The summed E-state index contributed by atoms with van der Waals surface area (Å²) < 4.78 is 2.29. The van der Waals surface area contributed by atoms with Gasteiger partial charge in [-0.25, -0.2) is 15.0 Å². The highest BCUT2D eigenvalue weighted by molar-refractivity contribution is 7.99. The Bertz CT molecular complexity index is 1090. The molecular weight excluding hydrogens is 420 g/mol. The number of halogens is 1. The number of nitrogen functional groups attached to an aromatic ring is 2. The van der Waals surface area contributed by atoms with Gasteiger partial charge in [-0.05, 0) is 31.0 Å². The van der Waals surface area contributed by atoms with Crippen LogP contribution in [-0.4, -0.2) is 32.6 Å². The van der Waals surface area contributed by atoms with E-state index in [1.165, 1.54) is 17.5 Å². The molecule has 3 aromatic heterocycles. The molecule has 1 spiro atoms. The monoisotopic (exact) mass is 442 g/mol. The van der Waals surface area contributed by atoms with Gasteiger partial charge < -0.3 is 26.7 Å². The maximum atomic E-state index is 6.61. The van der Waals surface area contributed by atoms with Crippen LogP contribution in [0.5, 0.6) is 0 Å². The molecule has 0 unspecified atom stereocenters. The summed E-state index contributed by atoms with van der Waals surface area (Å²) >= 11 is 7.56. The Morgan fingerprint density at radius 1 is 1.13 bits per heavy atom. The van der Waals surface area contributed by atoms with Gasteiger partial charge in [0.15, 0.2) is 5.82 Å². The first-order valence-electron chi connectivity index (χ1n) is 9.83. The molecule has 0 radical (unpaired) electrons. The van der Waals surface area contributed by atoms with Crippen molar-refractivity contribution in [3.05, 3.63) is 47.5 Å². The molecule has 1 fully saturated rings. The van der Waals surface area contributed by atoms with E-state index in [1.807, 2.05) is 0 Å². The van der Waals surface area contributed by atoms with Gasteiger partial charge in [-0.3, -0.25) is 0 Å². The first kappa shape index (κ1) is 19.5. The molecule has 156 valence electrons. The fourth-order valence-electron chi connectivity index (χ4n) is 4.49. The Labute approximate surface area is 183 Å². The van der Waals surface area contributed by atoms with Crippen LogP contribution in [0.15, 0.2) is 46.7 Å². The van der Waals surface area contributed by atoms with E-state index in [0.717, 1.165) is 43.2 Å². The number of nitrogens with zero attached hydrogens (tertiary/aromatic N) is 5. The molecule has 1 atom stereocenters. The first-order chi connectivity index (χ1) is 14.5. The predicted molar refractivity (Wildman–Crippen MR) is 119 cm³/mol. The maximum Gasteiger partial charge on any atom is 0.158 e. The van der Waals surface area contributed by atoms with Crippen molar-refractivity contribution in [1.82, 2.24) is 19.5 Å². The second-order valence-corrected chi connectivity index (χ2v) is 9.33. The van der Waals surface area contributed by atoms with E-state index < -0.39 is 0 Å². The molecule has 2 aliphatic rings. The molecule has 0 saturated carbocycles. The van der Waals surface area contributed by atoms with E-state index in [9.17, 15) is 0 Å². The minimum absolute atomic E-state index is 0.0853. The molecule has 3 aromatic rings. The third-order valence-corrected chi connectivity index (χ3v) is 7.83. The largest absolute Gasteiger partial charge is 0.382 e. The van der Waals surface area contributed by atoms with Gasteiger partial charge in [0, 0.05) is 48.0 Å². The molecule has 5 rings (SSSR count). The van der Waals surface area contributed by atoms with Crippen LogP contribution >= 0.6 is 23.4 Å². The SMILES string of the molecule is Nc1nc(N2CCC3(CC2)Cn2cccc2[C@H]3N)cnc1Sc1ccnc(N)c1Cl. The van der Waals surface area contributed by atoms with E-state index in [1.54, 1.807) is 18.5 Å². The zero-order valence-corrected chi connectivity index (χ0v) is 17.9. The van der Waals surface area contributed by atoms with E-state index in [-0.39, 0.29) is 17.3 Å². The first-order valence-corrected chi connectivity index (χ1v) is 11.0. The van der Waals surface area contributed by atoms with Crippen molar-refractivity contribution in [3.8, 4) is 0 Å². The average molecular weight is 443 g/mol. The molecule has 5 heterocycles. The van der Waals surface area contributed by atoms with E-state index in [0.29, 0.717) is 15.9 Å². The van der Waals surface area contributed by atoms with Crippen LogP contribution in [0.3, 0.4) is 0 Å². The Hall–Kier alpha value is -2.49. The zero-order chi connectivity index (χ0) is 20.9. The molecular formula is C20H23ClN8S. The van der Waals surface area contributed by atoms with Crippen molar-refractivity contribution in [2.24, 2.45) is 11.1 Å². The minimum atomic E-state index is 0.0853. The molecule has 6 N–H and O–H groups in total. The van der Waals surface area contributed by atoms with Crippen LogP contribution in [0.25, 0.3) is 0 Å². The number of fused-ring (bicyclic) bond motifs is 1. The lowest BCUT2D eigenvalue weighted by molar-refractivity contribution is 0.174. The normalized spacial score (nSPS) is 19.9. The van der Waals surface area contributed by atoms with Gasteiger partial charge in [0.1, 0.15) is 16.7 Å². The van der Waals surface area contributed by atoms with Crippen LogP contribution in [0, 0.1) is 5.41 Å². The Morgan fingerprint density at radius 2 is 1.93 bits per heavy atom. The third-order valence-electron chi connectivity index (χ3n) is 6.25. The van der Waals surface area contributed by atoms with Gasteiger partial charge in [-0.2, -0.15) is 0 Å². The number of nitrogens with two attached hydrogens (primary N) is 3. The Balaban J connectivity index is 1.29. The number of anilines is 3. The minimum Gasteiger partial charge on any atom is -0.382 e. The molecule has 0 bridgehead atoms. The van der Waals surface area contributed by atoms with E-state index in [2.05, 4.69) is 42.7 Å². The summed E-state index contributed by atoms with van der Waals surface area (Å²) in [6.07, 6.45) is 7.53. The van der Waals surface area contributed by atoms with Crippen molar-refractivity contribution in [1.29, 1.82) is 0 Å². The third kappa shape index (κ3) is 3.17. The highest BCUT2D eigenvalue weighted by Gasteiger charge is 2.46. The predicted octanol–water partition coefficient (Wildman–Crippen LogP) is 2.94. The molecule has 0 aliphatic carbocycles. The molecule has 8 nitrogen and oxygen atoms in total. The highest BCUT2D eigenvalue weighted by Crippen LogP contribution is 2.48. The van der Waals surface area contributed by atoms with Crippen LogP contribution in [0.1, 0.15) is 24.6 Å². The van der Waals surface area contributed by atoms with Crippen molar-refractivity contribution in [3.63, 3.8) is 0 Å². The lowest BCUT2D eigenvalue weighted by Gasteiger charge is -2.42. The van der Waals surface area contributed by atoms with Gasteiger partial charge in [0.2, 0.25) is 0 Å². The average Bonchev–Trinajstić information content (AvgIpc) is 3.29. The fourth-order valence-corrected chi connectivity index (χ4v) is 5.51. The van der Waals surface area contributed by atoms with Gasteiger partial charge in [-0.15, -0.1) is 0 Å². The van der Waals surface area contributed by atoms with Gasteiger partial charge >= 0.3 is 0 Å².